The number of nitrogens with zero attached hydrogens (tertiary/aromatic N) is 2. The van der Waals surface area contributed by atoms with Crippen LogP contribution in [-0.4, -0.2) is 34.9 Å². The molecule has 0 bridgehead atoms. The Morgan fingerprint density at radius 3 is 2.58 bits per heavy atom. The highest BCUT2D eigenvalue weighted by Crippen LogP contribution is 2.49. The van der Waals surface area contributed by atoms with E-state index in [9.17, 15) is 18.0 Å². The lowest BCUT2D eigenvalue weighted by Crippen LogP contribution is -2.51. The second-order valence-corrected chi connectivity index (χ2v) is 7.91. The Kier molecular flexibility index (Phi) is 3.70. The van der Waals surface area contributed by atoms with Gasteiger partial charge in [-0.05, 0) is 51.3 Å². The van der Waals surface area contributed by atoms with Crippen LogP contribution in [0.2, 0.25) is 0 Å². The minimum Gasteiger partial charge on any atom is -0.314 e. The monoisotopic (exact) mass is 366 g/mol. The molecule has 1 aromatic heterocycles. The van der Waals surface area contributed by atoms with Crippen molar-refractivity contribution in [1.29, 1.82) is 0 Å². The Morgan fingerprint density at radius 2 is 1.96 bits per heavy atom. The molecule has 0 aromatic carbocycles. The van der Waals surface area contributed by atoms with E-state index in [0.29, 0.717) is 36.5 Å². The van der Waals surface area contributed by atoms with Crippen LogP contribution in [0, 0.1) is 0 Å². The highest BCUT2D eigenvalue weighted by molar-refractivity contribution is 6.16. The Bertz CT molecular complexity index is 800. The van der Waals surface area contributed by atoms with E-state index in [1.807, 2.05) is 13.8 Å². The number of alkyl halides is 3. The molecule has 2 atom stereocenters. The van der Waals surface area contributed by atoms with Gasteiger partial charge in [-0.2, -0.15) is 13.2 Å². The van der Waals surface area contributed by atoms with Gasteiger partial charge in [0, 0.05) is 17.0 Å². The number of carbonyl (C=O) groups excluding carboxylic acids is 1. The number of hydrogen-bond donors (Lipinski definition) is 2. The molecule has 3 heterocycles. The van der Waals surface area contributed by atoms with Gasteiger partial charge in [-0.3, -0.25) is 9.79 Å². The average Bonchev–Trinajstić information content (AvgIpc) is 3.24. The van der Waals surface area contributed by atoms with E-state index in [0.717, 1.165) is 18.9 Å². The van der Waals surface area contributed by atoms with Crippen LogP contribution < -0.4 is 10.6 Å². The average molecular weight is 366 g/mol. The highest BCUT2D eigenvalue weighted by atomic mass is 19.4. The van der Waals surface area contributed by atoms with E-state index >= 15 is 0 Å². The molecule has 1 amide bonds. The molecule has 4 rings (SSSR count). The number of hydrogen-bond acceptors (Lipinski definition) is 4. The van der Waals surface area contributed by atoms with Crippen LogP contribution in [0.1, 0.15) is 56.5 Å². The van der Waals surface area contributed by atoms with Gasteiger partial charge in [0.2, 0.25) is 0 Å². The third-order valence-electron chi connectivity index (χ3n) is 5.67. The lowest BCUT2D eigenvalue weighted by Gasteiger charge is -2.32. The van der Waals surface area contributed by atoms with E-state index in [1.165, 1.54) is 6.07 Å². The molecule has 8 heteroatoms. The molecule has 2 N–H and O–H groups in total. The van der Waals surface area contributed by atoms with Crippen molar-refractivity contribution in [2.24, 2.45) is 4.99 Å². The van der Waals surface area contributed by atoms with Gasteiger partial charge >= 0.3 is 6.18 Å². The number of piperidine rings is 1. The number of pyridine rings is 1. The Balaban J connectivity index is 1.77. The molecular formula is C18H21F3N4O. The van der Waals surface area contributed by atoms with Gasteiger partial charge in [-0.1, -0.05) is 6.92 Å². The van der Waals surface area contributed by atoms with Crippen molar-refractivity contribution in [3.05, 3.63) is 29.1 Å². The smallest absolute Gasteiger partial charge is 0.314 e. The summed E-state index contributed by atoms with van der Waals surface area (Å²) in [4.78, 5) is 21.2. The van der Waals surface area contributed by atoms with Gasteiger partial charge < -0.3 is 10.6 Å². The number of rotatable bonds is 2. The van der Waals surface area contributed by atoms with Crippen molar-refractivity contribution in [2.75, 3.05) is 6.54 Å². The zero-order chi connectivity index (χ0) is 18.7. The van der Waals surface area contributed by atoms with Crippen LogP contribution in [0.3, 0.4) is 0 Å². The molecule has 140 valence electrons. The van der Waals surface area contributed by atoms with Crippen molar-refractivity contribution >= 4 is 11.7 Å². The van der Waals surface area contributed by atoms with Crippen molar-refractivity contribution in [3.63, 3.8) is 0 Å². The summed E-state index contributed by atoms with van der Waals surface area (Å²) in [5.74, 6) is 0.182. The maximum atomic E-state index is 13.1. The number of carbonyl (C=O) groups is 1. The maximum absolute atomic E-state index is 13.1. The summed E-state index contributed by atoms with van der Waals surface area (Å²) in [6, 6.07) is 2.52. The first-order chi connectivity index (χ1) is 12.1. The lowest BCUT2D eigenvalue weighted by molar-refractivity contribution is -0.141. The second-order valence-electron chi connectivity index (χ2n) is 7.91. The fraction of sp³-hybridized carbons (Fsp3) is 0.611. The highest BCUT2D eigenvalue weighted by Gasteiger charge is 2.49. The number of aliphatic imine (C=N–C) groups is 1. The molecule has 2 fully saturated rings. The van der Waals surface area contributed by atoms with Crippen LogP contribution in [0.4, 0.5) is 13.2 Å². The molecule has 1 aromatic rings. The number of amides is 1. The minimum absolute atomic E-state index is 0.156. The molecular weight excluding hydrogens is 345 g/mol. The standard InChI is InChI=1S/C18H21F3N4O/c1-10-9-17(7-8-22-10)15(26)24-14(25-17)11-3-4-12(18(19,20)21)23-13(11)16(2)5-6-16/h3-4,10,22H,5-9H2,1-2H3,(H,24,25,26)/t10-,17+/m0/s1. The van der Waals surface area contributed by atoms with E-state index < -0.39 is 17.4 Å². The molecule has 0 unspecified atom stereocenters. The van der Waals surface area contributed by atoms with E-state index in [1.54, 1.807) is 0 Å². The number of aromatic nitrogens is 1. The zero-order valence-corrected chi connectivity index (χ0v) is 14.7. The largest absolute Gasteiger partial charge is 0.433 e. The number of nitrogens with one attached hydrogen (secondary N) is 2. The molecule has 3 aliphatic rings. The molecule has 1 saturated carbocycles. The van der Waals surface area contributed by atoms with Crippen molar-refractivity contribution in [2.45, 2.75) is 62.7 Å². The van der Waals surface area contributed by atoms with E-state index in [-0.39, 0.29) is 17.4 Å². The van der Waals surface area contributed by atoms with Crippen LogP contribution in [0.25, 0.3) is 0 Å². The summed E-state index contributed by atoms with van der Waals surface area (Å²) in [5.41, 5.74) is -1.23. The fourth-order valence-corrected chi connectivity index (χ4v) is 3.85. The van der Waals surface area contributed by atoms with E-state index in [2.05, 4.69) is 20.6 Å². The predicted octanol–water partition coefficient (Wildman–Crippen LogP) is 2.54. The quantitative estimate of drug-likeness (QED) is 0.845. The van der Waals surface area contributed by atoms with Crippen LogP contribution in [0.15, 0.2) is 17.1 Å². The van der Waals surface area contributed by atoms with Gasteiger partial charge in [-0.25, -0.2) is 4.98 Å². The van der Waals surface area contributed by atoms with Crippen LogP contribution >= 0.6 is 0 Å². The minimum atomic E-state index is -4.50. The van der Waals surface area contributed by atoms with Crippen molar-refractivity contribution in [1.82, 2.24) is 15.6 Å². The fourth-order valence-electron chi connectivity index (χ4n) is 3.85. The molecule has 26 heavy (non-hydrogen) atoms. The van der Waals surface area contributed by atoms with Crippen LogP contribution in [0.5, 0.6) is 0 Å². The van der Waals surface area contributed by atoms with Crippen LogP contribution in [-0.2, 0) is 16.4 Å². The Labute approximate surface area is 149 Å². The first-order valence-electron chi connectivity index (χ1n) is 8.87. The lowest BCUT2D eigenvalue weighted by atomic mass is 9.85. The van der Waals surface area contributed by atoms with Gasteiger partial charge in [0.15, 0.2) is 0 Å². The molecule has 1 saturated heterocycles. The Hall–Kier alpha value is -1.96. The normalized spacial score (nSPS) is 30.3. The molecule has 5 nitrogen and oxygen atoms in total. The molecule has 1 spiro atoms. The molecule has 1 aliphatic carbocycles. The first-order valence-corrected chi connectivity index (χ1v) is 8.87. The summed E-state index contributed by atoms with van der Waals surface area (Å²) in [7, 11) is 0. The van der Waals surface area contributed by atoms with Crippen molar-refractivity contribution in [3.8, 4) is 0 Å². The summed E-state index contributed by atoms with van der Waals surface area (Å²) < 4.78 is 39.3. The summed E-state index contributed by atoms with van der Waals surface area (Å²) >= 11 is 0. The predicted molar refractivity (Wildman–Crippen MR) is 89.9 cm³/mol. The first kappa shape index (κ1) is 17.5. The molecule has 2 aliphatic heterocycles. The third kappa shape index (κ3) is 2.80. The summed E-state index contributed by atoms with van der Waals surface area (Å²) in [6.45, 7) is 4.58. The second kappa shape index (κ2) is 5.52. The summed E-state index contributed by atoms with van der Waals surface area (Å²) in [5, 5.41) is 6.10. The number of amidine groups is 1. The Morgan fingerprint density at radius 1 is 1.23 bits per heavy atom. The zero-order valence-electron chi connectivity index (χ0n) is 14.7. The summed E-state index contributed by atoms with van der Waals surface area (Å²) in [6.07, 6.45) is -1.79. The third-order valence-corrected chi connectivity index (χ3v) is 5.67. The van der Waals surface area contributed by atoms with Gasteiger partial charge in [0.1, 0.15) is 17.1 Å². The van der Waals surface area contributed by atoms with Gasteiger partial charge in [0.05, 0.1) is 5.69 Å². The maximum Gasteiger partial charge on any atom is 0.433 e. The topological polar surface area (TPSA) is 66.4 Å². The SMILES string of the molecule is C[C@H]1C[C@@]2(CCN1)N=C(c1ccc(C(F)(F)F)nc1C1(C)CC1)NC2=O. The van der Waals surface area contributed by atoms with Gasteiger partial charge in [-0.15, -0.1) is 0 Å². The van der Waals surface area contributed by atoms with Gasteiger partial charge in [0.25, 0.3) is 5.91 Å². The van der Waals surface area contributed by atoms with Crippen molar-refractivity contribution < 1.29 is 18.0 Å². The van der Waals surface area contributed by atoms with E-state index in [4.69, 9.17) is 0 Å². The molecule has 0 radical (unpaired) electrons. The number of halogens is 3.